The summed E-state index contributed by atoms with van der Waals surface area (Å²) in [5.41, 5.74) is 7.84. The molecule has 1 heterocycles. The van der Waals surface area contributed by atoms with Gasteiger partial charge >= 0.3 is 5.97 Å². The van der Waals surface area contributed by atoms with Crippen molar-refractivity contribution in [2.24, 2.45) is 5.73 Å². The van der Waals surface area contributed by atoms with Gasteiger partial charge in [0, 0.05) is 47.4 Å². The molecule has 168 valence electrons. The second kappa shape index (κ2) is 10.8. The Bertz CT molecular complexity index is 1100. The number of hydrogen-bond acceptors (Lipinski definition) is 4. The standard InChI is InChI=1S/C23H25ClN4O4/c24-17-7-5-14(6-8-17)15(12-27-22(30)11-25)10-21(29)28-20(23(31)32)9-16-13-26-19-4-2-1-3-18(16)19/h1-8,13,15,20,26H,9-12,25H2,(H,27,30)(H,28,29)(H,31,32)/t15?,20-/m0/s1. The molecule has 3 rings (SSSR count). The minimum Gasteiger partial charge on any atom is -0.480 e. The maximum atomic E-state index is 12.8. The van der Waals surface area contributed by atoms with Gasteiger partial charge in [0.25, 0.3) is 0 Å². The van der Waals surface area contributed by atoms with E-state index in [9.17, 15) is 19.5 Å². The number of H-pyrrole nitrogens is 1. The number of rotatable bonds is 10. The van der Waals surface area contributed by atoms with E-state index in [1.165, 1.54) is 0 Å². The van der Waals surface area contributed by atoms with Crippen molar-refractivity contribution in [1.29, 1.82) is 0 Å². The summed E-state index contributed by atoms with van der Waals surface area (Å²) in [5.74, 6) is -2.26. The summed E-state index contributed by atoms with van der Waals surface area (Å²) in [6.07, 6.45) is 1.89. The van der Waals surface area contributed by atoms with Crippen LogP contribution in [0.15, 0.2) is 54.7 Å². The number of carbonyl (C=O) groups excluding carboxylic acids is 2. The Hall–Kier alpha value is -3.36. The second-order valence-electron chi connectivity index (χ2n) is 7.48. The first-order valence-electron chi connectivity index (χ1n) is 10.2. The van der Waals surface area contributed by atoms with E-state index in [1.54, 1.807) is 30.5 Å². The van der Waals surface area contributed by atoms with Gasteiger partial charge < -0.3 is 26.5 Å². The van der Waals surface area contributed by atoms with E-state index >= 15 is 0 Å². The van der Waals surface area contributed by atoms with Crippen LogP contribution in [-0.2, 0) is 20.8 Å². The Morgan fingerprint density at radius 3 is 2.47 bits per heavy atom. The van der Waals surface area contributed by atoms with Gasteiger partial charge in [0.05, 0.1) is 6.54 Å². The first kappa shape index (κ1) is 23.3. The molecule has 0 saturated heterocycles. The van der Waals surface area contributed by atoms with Crippen molar-refractivity contribution in [3.63, 3.8) is 0 Å². The van der Waals surface area contributed by atoms with Crippen molar-refractivity contribution in [2.45, 2.75) is 24.8 Å². The van der Waals surface area contributed by atoms with Crippen LogP contribution < -0.4 is 16.4 Å². The number of nitrogens with two attached hydrogens (primary N) is 1. The molecule has 0 aliphatic heterocycles. The maximum absolute atomic E-state index is 12.8. The molecular weight excluding hydrogens is 432 g/mol. The average molecular weight is 457 g/mol. The van der Waals surface area contributed by atoms with E-state index < -0.39 is 17.9 Å². The highest BCUT2D eigenvalue weighted by Gasteiger charge is 2.24. The van der Waals surface area contributed by atoms with E-state index in [-0.39, 0.29) is 37.8 Å². The van der Waals surface area contributed by atoms with Gasteiger partial charge in [-0.15, -0.1) is 0 Å². The summed E-state index contributed by atoms with van der Waals surface area (Å²) in [7, 11) is 0. The van der Waals surface area contributed by atoms with E-state index in [2.05, 4.69) is 15.6 Å². The zero-order valence-electron chi connectivity index (χ0n) is 17.3. The van der Waals surface area contributed by atoms with Crippen LogP contribution in [0.4, 0.5) is 0 Å². The molecule has 2 amide bonds. The zero-order valence-corrected chi connectivity index (χ0v) is 18.1. The number of hydrogen-bond donors (Lipinski definition) is 5. The molecule has 1 unspecified atom stereocenters. The molecule has 0 bridgehead atoms. The van der Waals surface area contributed by atoms with E-state index in [0.29, 0.717) is 5.02 Å². The molecule has 0 aliphatic rings. The number of para-hydroxylation sites is 1. The number of fused-ring (bicyclic) bond motifs is 1. The number of halogens is 1. The monoisotopic (exact) mass is 456 g/mol. The minimum absolute atomic E-state index is 0.00977. The average Bonchev–Trinajstić information content (AvgIpc) is 3.19. The zero-order chi connectivity index (χ0) is 23.1. The first-order chi connectivity index (χ1) is 15.4. The Morgan fingerprint density at radius 1 is 1.06 bits per heavy atom. The largest absolute Gasteiger partial charge is 0.480 e. The predicted molar refractivity (Wildman–Crippen MR) is 122 cm³/mol. The van der Waals surface area contributed by atoms with Crippen LogP contribution in [0.5, 0.6) is 0 Å². The third kappa shape index (κ3) is 6.09. The van der Waals surface area contributed by atoms with Gasteiger partial charge in [-0.2, -0.15) is 0 Å². The van der Waals surface area contributed by atoms with E-state index in [1.807, 2.05) is 24.3 Å². The van der Waals surface area contributed by atoms with Crippen molar-refractivity contribution in [3.8, 4) is 0 Å². The number of aliphatic carboxylic acids is 1. The van der Waals surface area contributed by atoms with Crippen molar-refractivity contribution in [2.75, 3.05) is 13.1 Å². The molecule has 0 radical (unpaired) electrons. The molecular formula is C23H25ClN4O4. The molecule has 8 nitrogen and oxygen atoms in total. The summed E-state index contributed by atoms with van der Waals surface area (Å²) >= 11 is 5.95. The number of carboxylic acids is 1. The van der Waals surface area contributed by atoms with Crippen LogP contribution in [0, 0.1) is 0 Å². The molecule has 0 aliphatic carbocycles. The lowest BCUT2D eigenvalue weighted by molar-refractivity contribution is -0.141. The Labute approximate surface area is 190 Å². The smallest absolute Gasteiger partial charge is 0.326 e. The molecule has 2 aromatic carbocycles. The molecule has 2 atom stereocenters. The van der Waals surface area contributed by atoms with Crippen LogP contribution >= 0.6 is 11.6 Å². The Morgan fingerprint density at radius 2 is 1.78 bits per heavy atom. The number of nitrogens with one attached hydrogen (secondary N) is 3. The fraction of sp³-hybridized carbons (Fsp3) is 0.261. The summed E-state index contributed by atoms with van der Waals surface area (Å²) < 4.78 is 0. The third-order valence-electron chi connectivity index (χ3n) is 5.24. The highest BCUT2D eigenvalue weighted by Crippen LogP contribution is 2.22. The highest BCUT2D eigenvalue weighted by atomic mass is 35.5. The van der Waals surface area contributed by atoms with Crippen LogP contribution in [0.25, 0.3) is 10.9 Å². The molecule has 0 fully saturated rings. The van der Waals surface area contributed by atoms with Gasteiger partial charge in [-0.1, -0.05) is 41.9 Å². The van der Waals surface area contributed by atoms with Gasteiger partial charge in [-0.25, -0.2) is 4.79 Å². The maximum Gasteiger partial charge on any atom is 0.326 e. The van der Waals surface area contributed by atoms with Crippen molar-refractivity contribution in [3.05, 3.63) is 70.9 Å². The molecule has 0 saturated carbocycles. The van der Waals surface area contributed by atoms with E-state index in [0.717, 1.165) is 22.0 Å². The van der Waals surface area contributed by atoms with Gasteiger partial charge in [0.1, 0.15) is 6.04 Å². The summed E-state index contributed by atoms with van der Waals surface area (Å²) in [5, 5.41) is 16.4. The number of amides is 2. The van der Waals surface area contributed by atoms with Crippen LogP contribution in [0.3, 0.4) is 0 Å². The number of aromatic amines is 1. The fourth-order valence-corrected chi connectivity index (χ4v) is 3.68. The number of carbonyl (C=O) groups is 3. The Balaban J connectivity index is 1.71. The Kier molecular flexibility index (Phi) is 7.86. The molecule has 6 N–H and O–H groups in total. The molecule has 32 heavy (non-hydrogen) atoms. The van der Waals surface area contributed by atoms with Gasteiger partial charge in [0.2, 0.25) is 11.8 Å². The van der Waals surface area contributed by atoms with Crippen molar-refractivity contribution < 1.29 is 19.5 Å². The molecule has 0 spiro atoms. The number of benzene rings is 2. The molecule has 1 aromatic heterocycles. The third-order valence-corrected chi connectivity index (χ3v) is 5.49. The summed E-state index contributed by atoms with van der Waals surface area (Å²) in [4.78, 5) is 39.3. The summed E-state index contributed by atoms with van der Waals surface area (Å²) in [6.45, 7) is 0.0243. The normalized spacial score (nSPS) is 12.8. The minimum atomic E-state index is -1.12. The molecule has 3 aromatic rings. The van der Waals surface area contributed by atoms with Crippen LogP contribution in [0.1, 0.15) is 23.5 Å². The topological polar surface area (TPSA) is 137 Å². The molecule has 9 heteroatoms. The first-order valence-corrected chi connectivity index (χ1v) is 10.5. The van der Waals surface area contributed by atoms with Crippen molar-refractivity contribution >= 4 is 40.3 Å². The van der Waals surface area contributed by atoms with Crippen LogP contribution in [-0.4, -0.2) is 47.0 Å². The lowest BCUT2D eigenvalue weighted by Crippen LogP contribution is -2.43. The van der Waals surface area contributed by atoms with Crippen molar-refractivity contribution in [1.82, 2.24) is 15.6 Å². The highest BCUT2D eigenvalue weighted by molar-refractivity contribution is 6.30. The van der Waals surface area contributed by atoms with Gasteiger partial charge in [-0.3, -0.25) is 9.59 Å². The fourth-order valence-electron chi connectivity index (χ4n) is 3.55. The van der Waals surface area contributed by atoms with Gasteiger partial charge in [-0.05, 0) is 29.3 Å². The van der Waals surface area contributed by atoms with E-state index in [4.69, 9.17) is 17.3 Å². The van der Waals surface area contributed by atoms with Crippen LogP contribution in [0.2, 0.25) is 5.02 Å². The predicted octanol–water partition coefficient (Wildman–Crippen LogP) is 2.18. The summed E-state index contributed by atoms with van der Waals surface area (Å²) in [6, 6.07) is 13.4. The number of aromatic nitrogens is 1. The number of carboxylic acid groups (broad SMARTS) is 1. The second-order valence-corrected chi connectivity index (χ2v) is 7.92. The van der Waals surface area contributed by atoms with Gasteiger partial charge in [0.15, 0.2) is 0 Å². The lowest BCUT2D eigenvalue weighted by atomic mass is 9.94. The lowest BCUT2D eigenvalue weighted by Gasteiger charge is -2.20. The quantitative estimate of drug-likeness (QED) is 0.318. The SMILES string of the molecule is NCC(=O)NCC(CC(=O)N[C@@H](Cc1c[nH]c2ccccc12)C(=O)O)c1ccc(Cl)cc1.